The lowest BCUT2D eigenvalue weighted by molar-refractivity contribution is -0.117. The average molecular weight is 308 g/mol. The molecular formula is C14H18ClN5O. The highest BCUT2D eigenvalue weighted by atomic mass is 35.5. The van der Waals surface area contributed by atoms with Crippen LogP contribution >= 0.6 is 12.4 Å². The lowest BCUT2D eigenvalue weighted by Crippen LogP contribution is -2.35. The Morgan fingerprint density at radius 3 is 2.95 bits per heavy atom. The van der Waals surface area contributed by atoms with Crippen molar-refractivity contribution >= 4 is 29.9 Å². The molecule has 1 aromatic heterocycles. The van der Waals surface area contributed by atoms with Crippen LogP contribution in [0.25, 0.3) is 11.3 Å². The van der Waals surface area contributed by atoms with Crippen LogP contribution in [0.4, 0.5) is 11.6 Å². The summed E-state index contributed by atoms with van der Waals surface area (Å²) in [6, 6.07) is 7.53. The van der Waals surface area contributed by atoms with E-state index in [-0.39, 0.29) is 24.4 Å². The molecule has 112 valence electrons. The number of halogens is 1. The number of nitrogens with two attached hydrogens (primary N) is 1. The third-order valence-corrected chi connectivity index (χ3v) is 3.41. The van der Waals surface area contributed by atoms with Crippen molar-refractivity contribution in [1.82, 2.24) is 15.3 Å². The van der Waals surface area contributed by atoms with Crippen molar-refractivity contribution < 1.29 is 4.79 Å². The normalized spacial score (nSPS) is 17.2. The standard InChI is InChI=1S/C14H17N5O.ClH/c15-14-17-8-12(19-14)9-3-1-4-10(7-9)18-13(20)11-5-2-6-16-11;/h1,3-4,7-8,11,16H,2,5-6H2,(H,18,20)(H3,15,17,19);1H/t11-;/m1./s1. The van der Waals surface area contributed by atoms with Gasteiger partial charge in [-0.25, -0.2) is 4.98 Å². The van der Waals surface area contributed by atoms with Crippen molar-refractivity contribution in [3.8, 4) is 11.3 Å². The van der Waals surface area contributed by atoms with Crippen LogP contribution in [0.2, 0.25) is 0 Å². The van der Waals surface area contributed by atoms with Gasteiger partial charge in [-0.3, -0.25) is 4.79 Å². The summed E-state index contributed by atoms with van der Waals surface area (Å²) in [6.45, 7) is 0.908. The summed E-state index contributed by atoms with van der Waals surface area (Å²) in [4.78, 5) is 19.0. The molecule has 0 aliphatic carbocycles. The number of amides is 1. The Bertz CT molecular complexity index is 621. The highest BCUT2D eigenvalue weighted by molar-refractivity contribution is 5.95. The fraction of sp³-hybridized carbons (Fsp3) is 0.286. The number of imidazole rings is 1. The molecular weight excluding hydrogens is 290 g/mol. The molecule has 0 unspecified atom stereocenters. The predicted molar refractivity (Wildman–Crippen MR) is 85.3 cm³/mol. The number of rotatable bonds is 3. The topological polar surface area (TPSA) is 95.8 Å². The van der Waals surface area contributed by atoms with Crippen LogP contribution in [-0.2, 0) is 4.79 Å². The number of nitrogens with one attached hydrogen (secondary N) is 3. The van der Waals surface area contributed by atoms with E-state index in [4.69, 9.17) is 5.73 Å². The van der Waals surface area contributed by atoms with Gasteiger partial charge in [-0.2, -0.15) is 0 Å². The van der Waals surface area contributed by atoms with E-state index in [1.165, 1.54) is 0 Å². The van der Waals surface area contributed by atoms with Crippen molar-refractivity contribution in [2.45, 2.75) is 18.9 Å². The molecule has 0 bridgehead atoms. The molecule has 1 saturated heterocycles. The second-order valence-corrected chi connectivity index (χ2v) is 4.90. The number of aromatic nitrogens is 2. The number of hydrogen-bond acceptors (Lipinski definition) is 4. The molecule has 7 heteroatoms. The van der Waals surface area contributed by atoms with Gasteiger partial charge in [-0.1, -0.05) is 12.1 Å². The molecule has 0 saturated carbocycles. The molecule has 3 rings (SSSR count). The minimum absolute atomic E-state index is 0. The smallest absolute Gasteiger partial charge is 0.241 e. The van der Waals surface area contributed by atoms with Gasteiger partial charge >= 0.3 is 0 Å². The Morgan fingerprint density at radius 1 is 1.43 bits per heavy atom. The number of H-pyrrole nitrogens is 1. The van der Waals surface area contributed by atoms with E-state index in [9.17, 15) is 4.79 Å². The van der Waals surface area contributed by atoms with Crippen LogP contribution in [0, 0.1) is 0 Å². The summed E-state index contributed by atoms with van der Waals surface area (Å²) in [6.07, 6.45) is 3.61. The summed E-state index contributed by atoms with van der Waals surface area (Å²) in [5.74, 6) is 0.397. The van der Waals surface area contributed by atoms with Gasteiger partial charge in [-0.15, -0.1) is 12.4 Å². The number of nitrogens with zero attached hydrogens (tertiary/aromatic N) is 1. The van der Waals surface area contributed by atoms with Crippen molar-refractivity contribution in [3.63, 3.8) is 0 Å². The average Bonchev–Trinajstić information content (AvgIpc) is 3.10. The monoisotopic (exact) mass is 307 g/mol. The van der Waals surface area contributed by atoms with Crippen LogP contribution in [0.5, 0.6) is 0 Å². The van der Waals surface area contributed by atoms with E-state index in [0.29, 0.717) is 5.95 Å². The Balaban J connectivity index is 0.00000161. The first kappa shape index (κ1) is 15.3. The molecule has 1 aliphatic heterocycles. The van der Waals surface area contributed by atoms with Crippen LogP contribution in [0.1, 0.15) is 12.8 Å². The number of nitrogen functional groups attached to an aromatic ring is 1. The fourth-order valence-electron chi connectivity index (χ4n) is 2.39. The molecule has 2 heterocycles. The van der Waals surface area contributed by atoms with Gasteiger partial charge in [0.15, 0.2) is 5.95 Å². The zero-order valence-corrected chi connectivity index (χ0v) is 12.2. The van der Waals surface area contributed by atoms with Crippen molar-refractivity contribution in [1.29, 1.82) is 0 Å². The van der Waals surface area contributed by atoms with Crippen molar-refractivity contribution in [2.24, 2.45) is 0 Å². The van der Waals surface area contributed by atoms with Gasteiger partial charge in [0.1, 0.15) is 0 Å². The second-order valence-electron chi connectivity index (χ2n) is 4.90. The Hall–Kier alpha value is -2.05. The minimum atomic E-state index is -0.0820. The lowest BCUT2D eigenvalue weighted by Gasteiger charge is -2.11. The SMILES string of the molecule is Cl.Nc1ncc(-c2cccc(NC(=O)[C@H]3CCCN3)c2)[nH]1. The summed E-state index contributed by atoms with van der Waals surface area (Å²) >= 11 is 0. The van der Waals surface area contributed by atoms with Crippen LogP contribution in [0.15, 0.2) is 30.5 Å². The van der Waals surface area contributed by atoms with Crippen molar-refractivity contribution in [2.75, 3.05) is 17.6 Å². The second kappa shape index (κ2) is 6.60. The zero-order valence-electron chi connectivity index (χ0n) is 11.4. The Labute approximate surface area is 128 Å². The maximum atomic E-state index is 12.1. The number of benzene rings is 1. The Morgan fingerprint density at radius 2 is 2.29 bits per heavy atom. The first-order valence-corrected chi connectivity index (χ1v) is 6.67. The molecule has 1 atom stereocenters. The van der Waals surface area contributed by atoms with E-state index in [1.54, 1.807) is 6.20 Å². The van der Waals surface area contributed by atoms with E-state index < -0.39 is 0 Å². The zero-order chi connectivity index (χ0) is 13.9. The van der Waals surface area contributed by atoms with E-state index in [1.807, 2.05) is 24.3 Å². The van der Waals surface area contributed by atoms with Gasteiger partial charge in [-0.05, 0) is 31.5 Å². The fourth-order valence-corrected chi connectivity index (χ4v) is 2.39. The van der Waals surface area contributed by atoms with E-state index >= 15 is 0 Å². The molecule has 0 radical (unpaired) electrons. The summed E-state index contributed by atoms with van der Waals surface area (Å²) in [5.41, 5.74) is 8.11. The molecule has 1 amide bonds. The van der Waals surface area contributed by atoms with Gasteiger partial charge in [0.05, 0.1) is 17.9 Å². The van der Waals surface area contributed by atoms with Crippen LogP contribution < -0.4 is 16.4 Å². The molecule has 0 spiro atoms. The van der Waals surface area contributed by atoms with Crippen LogP contribution in [-0.4, -0.2) is 28.5 Å². The third kappa shape index (κ3) is 3.53. The molecule has 21 heavy (non-hydrogen) atoms. The number of anilines is 2. The van der Waals surface area contributed by atoms with Gasteiger partial charge in [0, 0.05) is 11.3 Å². The quantitative estimate of drug-likeness (QED) is 0.695. The highest BCUT2D eigenvalue weighted by Crippen LogP contribution is 2.21. The number of carbonyl (C=O) groups is 1. The first-order valence-electron chi connectivity index (χ1n) is 6.67. The number of hydrogen-bond donors (Lipinski definition) is 4. The molecule has 6 nitrogen and oxygen atoms in total. The summed E-state index contributed by atoms with van der Waals surface area (Å²) < 4.78 is 0. The minimum Gasteiger partial charge on any atom is -0.369 e. The largest absolute Gasteiger partial charge is 0.369 e. The lowest BCUT2D eigenvalue weighted by atomic mass is 10.1. The maximum absolute atomic E-state index is 12.1. The van der Waals surface area contributed by atoms with Crippen LogP contribution in [0.3, 0.4) is 0 Å². The van der Waals surface area contributed by atoms with E-state index in [0.717, 1.165) is 36.3 Å². The van der Waals surface area contributed by atoms with Crippen molar-refractivity contribution in [3.05, 3.63) is 30.5 Å². The summed E-state index contributed by atoms with van der Waals surface area (Å²) in [5, 5.41) is 6.12. The molecule has 1 aromatic carbocycles. The maximum Gasteiger partial charge on any atom is 0.241 e. The molecule has 1 aliphatic rings. The van der Waals surface area contributed by atoms with Gasteiger partial charge in [0.25, 0.3) is 0 Å². The van der Waals surface area contributed by atoms with Gasteiger partial charge < -0.3 is 21.4 Å². The predicted octanol–water partition coefficient (Wildman–Crippen LogP) is 1.77. The van der Waals surface area contributed by atoms with Gasteiger partial charge in [0.2, 0.25) is 5.91 Å². The molecule has 5 N–H and O–H groups in total. The molecule has 1 fully saturated rings. The third-order valence-electron chi connectivity index (χ3n) is 3.41. The van der Waals surface area contributed by atoms with E-state index in [2.05, 4.69) is 20.6 Å². The Kier molecular flexibility index (Phi) is 4.82. The first-order chi connectivity index (χ1) is 9.72. The number of aromatic amines is 1. The number of carbonyl (C=O) groups excluding carboxylic acids is 1. The highest BCUT2D eigenvalue weighted by Gasteiger charge is 2.21. The summed E-state index contributed by atoms with van der Waals surface area (Å²) in [7, 11) is 0. The molecule has 2 aromatic rings.